The van der Waals surface area contributed by atoms with Crippen LogP contribution in [-0.4, -0.2) is 37.6 Å². The van der Waals surface area contributed by atoms with E-state index < -0.39 is 0 Å². The first-order valence-corrected chi connectivity index (χ1v) is 9.35. The second-order valence-electron chi connectivity index (χ2n) is 7.01. The topological polar surface area (TPSA) is 34.3 Å². The van der Waals surface area contributed by atoms with Crippen molar-refractivity contribution in [1.82, 2.24) is 0 Å². The molecule has 0 saturated carbocycles. The second-order valence-corrected chi connectivity index (χ2v) is 7.01. The van der Waals surface area contributed by atoms with Crippen molar-refractivity contribution >= 4 is 0 Å². The van der Waals surface area contributed by atoms with Crippen LogP contribution in [0.2, 0.25) is 0 Å². The van der Waals surface area contributed by atoms with E-state index in [0.717, 1.165) is 38.9 Å². The first-order valence-electron chi connectivity index (χ1n) is 9.35. The Morgan fingerprint density at radius 3 is 1.48 bits per heavy atom. The lowest BCUT2D eigenvalue weighted by Crippen LogP contribution is -2.31. The molecule has 2 aliphatic heterocycles. The number of benzene rings is 2. The van der Waals surface area contributed by atoms with Crippen LogP contribution in [0, 0.1) is 0 Å². The maximum atomic E-state index is 6.49. The van der Waals surface area contributed by atoms with E-state index in [1.807, 2.05) is 0 Å². The van der Waals surface area contributed by atoms with Crippen LogP contribution < -0.4 is 0 Å². The zero-order chi connectivity index (χ0) is 16.9. The number of rotatable bonds is 10. The maximum Gasteiger partial charge on any atom is 0.107 e. The van der Waals surface area contributed by atoms with Gasteiger partial charge in [0.25, 0.3) is 0 Å². The van der Waals surface area contributed by atoms with E-state index in [9.17, 15) is 0 Å². The van der Waals surface area contributed by atoms with Crippen LogP contribution in [-0.2, 0) is 27.1 Å². The summed E-state index contributed by atoms with van der Waals surface area (Å²) in [4.78, 5) is 0. The van der Waals surface area contributed by atoms with Crippen molar-refractivity contribution in [3.63, 3.8) is 0 Å². The molecule has 2 saturated heterocycles. The summed E-state index contributed by atoms with van der Waals surface area (Å²) in [5.41, 5.74) is 2.72. The molecule has 0 amide bonds. The molecule has 0 aliphatic carbocycles. The van der Waals surface area contributed by atoms with Gasteiger partial charge in [-0.15, -0.1) is 0 Å². The Balaban J connectivity index is 1.32. The largest absolute Gasteiger partial charge is 0.370 e. The fraction of sp³-hybridized carbons (Fsp3) is 0.455. The molecule has 3 heteroatoms. The highest BCUT2D eigenvalue weighted by Crippen LogP contribution is 2.28. The summed E-state index contributed by atoms with van der Waals surface area (Å²) >= 11 is 0. The van der Waals surface area contributed by atoms with Gasteiger partial charge in [0.2, 0.25) is 0 Å². The first kappa shape index (κ1) is 16.8. The SMILES string of the molecule is c1ccc(CCC(OC(CCc2ccccc2)C2CO2)C2CO2)cc1. The second kappa shape index (κ2) is 8.13. The predicted octanol–water partition coefficient (Wildman–Crippen LogP) is 3.80. The molecule has 3 nitrogen and oxygen atoms in total. The van der Waals surface area contributed by atoms with Gasteiger partial charge in [-0.2, -0.15) is 0 Å². The van der Waals surface area contributed by atoms with Crippen molar-refractivity contribution in [3.05, 3.63) is 71.8 Å². The molecular formula is C22H26O3. The van der Waals surface area contributed by atoms with E-state index in [0.29, 0.717) is 0 Å². The van der Waals surface area contributed by atoms with Gasteiger partial charge in [-0.1, -0.05) is 60.7 Å². The van der Waals surface area contributed by atoms with E-state index in [-0.39, 0.29) is 24.4 Å². The molecular weight excluding hydrogens is 312 g/mol. The highest BCUT2D eigenvalue weighted by Gasteiger charge is 2.40. The van der Waals surface area contributed by atoms with Gasteiger partial charge in [0.05, 0.1) is 25.4 Å². The Morgan fingerprint density at radius 2 is 1.12 bits per heavy atom. The van der Waals surface area contributed by atoms with Gasteiger partial charge in [0, 0.05) is 0 Å². The summed E-state index contributed by atoms with van der Waals surface area (Å²) in [6.07, 6.45) is 4.94. The van der Waals surface area contributed by atoms with Gasteiger partial charge < -0.3 is 14.2 Å². The summed E-state index contributed by atoms with van der Waals surface area (Å²) in [5, 5.41) is 0. The Kier molecular flexibility index (Phi) is 5.46. The van der Waals surface area contributed by atoms with Crippen LogP contribution in [0.15, 0.2) is 60.7 Å². The maximum absolute atomic E-state index is 6.49. The standard InChI is InChI=1S/C22H26O3/c1-3-7-17(8-4-1)11-13-19(21-15-23-21)25-20(22-16-24-22)14-12-18-9-5-2-6-10-18/h1-10,19-22H,11-16H2. The number of epoxide rings is 2. The summed E-state index contributed by atoms with van der Waals surface area (Å²) in [5.74, 6) is 0. The van der Waals surface area contributed by atoms with Crippen LogP contribution in [0.3, 0.4) is 0 Å². The van der Waals surface area contributed by atoms with Gasteiger partial charge in [0.15, 0.2) is 0 Å². The van der Waals surface area contributed by atoms with Gasteiger partial charge in [0.1, 0.15) is 12.2 Å². The molecule has 0 N–H and O–H groups in total. The molecule has 0 spiro atoms. The number of hydrogen-bond acceptors (Lipinski definition) is 3. The summed E-state index contributed by atoms with van der Waals surface area (Å²) < 4.78 is 17.6. The average Bonchev–Trinajstić information content (AvgIpc) is 3.56. The molecule has 2 heterocycles. The molecule has 0 radical (unpaired) electrons. The smallest absolute Gasteiger partial charge is 0.107 e. The third-order valence-corrected chi connectivity index (χ3v) is 5.02. The third-order valence-electron chi connectivity index (χ3n) is 5.02. The van der Waals surface area contributed by atoms with Gasteiger partial charge >= 0.3 is 0 Å². The van der Waals surface area contributed by atoms with Crippen molar-refractivity contribution in [2.45, 2.75) is 50.1 Å². The van der Waals surface area contributed by atoms with Crippen molar-refractivity contribution in [1.29, 1.82) is 0 Å². The van der Waals surface area contributed by atoms with E-state index in [1.54, 1.807) is 0 Å². The molecule has 2 fully saturated rings. The van der Waals surface area contributed by atoms with E-state index >= 15 is 0 Å². The molecule has 132 valence electrons. The van der Waals surface area contributed by atoms with Gasteiger partial charge in [-0.25, -0.2) is 0 Å². The third kappa shape index (κ3) is 5.15. The van der Waals surface area contributed by atoms with Gasteiger partial charge in [-0.3, -0.25) is 0 Å². The van der Waals surface area contributed by atoms with Crippen LogP contribution in [0.25, 0.3) is 0 Å². The zero-order valence-corrected chi connectivity index (χ0v) is 14.6. The fourth-order valence-electron chi connectivity index (χ4n) is 3.36. The van der Waals surface area contributed by atoms with Crippen molar-refractivity contribution in [2.24, 2.45) is 0 Å². The quantitative estimate of drug-likeness (QED) is 0.618. The van der Waals surface area contributed by atoms with Crippen LogP contribution in [0.5, 0.6) is 0 Å². The molecule has 0 aromatic heterocycles. The minimum absolute atomic E-state index is 0.171. The highest BCUT2D eigenvalue weighted by atomic mass is 16.6. The Bertz CT molecular complexity index is 577. The van der Waals surface area contributed by atoms with E-state index in [4.69, 9.17) is 14.2 Å². The number of aryl methyl sites for hydroxylation is 2. The molecule has 4 atom stereocenters. The predicted molar refractivity (Wildman–Crippen MR) is 97.7 cm³/mol. The molecule has 2 aliphatic rings. The monoisotopic (exact) mass is 338 g/mol. The molecule has 0 bridgehead atoms. The lowest BCUT2D eigenvalue weighted by atomic mass is 10.0. The molecule has 2 aromatic carbocycles. The van der Waals surface area contributed by atoms with Gasteiger partial charge in [-0.05, 0) is 36.8 Å². The zero-order valence-electron chi connectivity index (χ0n) is 14.6. The Labute approximate surface area is 149 Å². The van der Waals surface area contributed by atoms with Crippen LogP contribution in [0.4, 0.5) is 0 Å². The lowest BCUT2D eigenvalue weighted by molar-refractivity contribution is -0.0446. The Morgan fingerprint density at radius 1 is 0.720 bits per heavy atom. The summed E-state index contributed by atoms with van der Waals surface area (Å²) in [6, 6.07) is 21.2. The first-order chi connectivity index (χ1) is 12.4. The van der Waals surface area contributed by atoms with Crippen molar-refractivity contribution < 1.29 is 14.2 Å². The molecule has 25 heavy (non-hydrogen) atoms. The molecule has 4 unspecified atom stereocenters. The minimum Gasteiger partial charge on any atom is -0.370 e. The van der Waals surface area contributed by atoms with Crippen molar-refractivity contribution in [3.8, 4) is 0 Å². The summed E-state index contributed by atoms with van der Waals surface area (Å²) in [7, 11) is 0. The van der Waals surface area contributed by atoms with E-state index in [1.165, 1.54) is 11.1 Å². The average molecular weight is 338 g/mol. The van der Waals surface area contributed by atoms with E-state index in [2.05, 4.69) is 60.7 Å². The molecule has 4 rings (SSSR count). The van der Waals surface area contributed by atoms with Crippen LogP contribution in [0.1, 0.15) is 24.0 Å². The molecule has 2 aromatic rings. The lowest BCUT2D eigenvalue weighted by Gasteiger charge is -2.23. The minimum atomic E-state index is 0.171. The number of hydrogen-bond donors (Lipinski definition) is 0. The van der Waals surface area contributed by atoms with Crippen molar-refractivity contribution in [2.75, 3.05) is 13.2 Å². The summed E-state index contributed by atoms with van der Waals surface area (Å²) in [6.45, 7) is 1.66. The fourth-order valence-corrected chi connectivity index (χ4v) is 3.36. The highest BCUT2D eigenvalue weighted by molar-refractivity contribution is 5.16. The number of ether oxygens (including phenoxy) is 3. The Hall–Kier alpha value is -1.68. The van der Waals surface area contributed by atoms with Crippen LogP contribution >= 0.6 is 0 Å². The normalized spacial score (nSPS) is 23.8.